The molecule has 6 nitrogen and oxygen atoms in total. The van der Waals surface area contributed by atoms with E-state index in [-0.39, 0.29) is 11.7 Å². The summed E-state index contributed by atoms with van der Waals surface area (Å²) in [5.74, 6) is -0.181. The van der Waals surface area contributed by atoms with Crippen molar-refractivity contribution in [2.75, 3.05) is 26.2 Å². The van der Waals surface area contributed by atoms with Crippen molar-refractivity contribution < 1.29 is 9.18 Å². The van der Waals surface area contributed by atoms with Crippen molar-refractivity contribution in [3.8, 4) is 11.3 Å². The molecule has 4 aromatic rings. The number of carbonyl (C=O) groups excluding carboxylic acids is 1. The zero-order chi connectivity index (χ0) is 22.9. The van der Waals surface area contributed by atoms with Crippen LogP contribution in [-0.4, -0.2) is 56.7 Å². The molecule has 1 aliphatic heterocycles. The summed E-state index contributed by atoms with van der Waals surface area (Å²) in [6.45, 7) is 5.17. The maximum absolute atomic E-state index is 14.0. The molecule has 5 rings (SSSR count). The van der Waals surface area contributed by atoms with Crippen LogP contribution in [0.2, 0.25) is 0 Å². The molecule has 0 unspecified atom stereocenters. The Bertz CT molecular complexity index is 1320. The molecule has 0 spiro atoms. The number of fused-ring (bicyclic) bond motifs is 1. The van der Waals surface area contributed by atoms with Crippen LogP contribution in [0.3, 0.4) is 0 Å². The third-order valence-corrected chi connectivity index (χ3v) is 6.47. The Hall–Kier alpha value is -3.58. The van der Waals surface area contributed by atoms with Gasteiger partial charge in [0.25, 0.3) is 5.91 Å². The minimum Gasteiger partial charge on any atom is -0.336 e. The number of nitrogens with zero attached hydrogens (tertiary/aromatic N) is 5. The highest BCUT2D eigenvalue weighted by atomic mass is 19.1. The van der Waals surface area contributed by atoms with Gasteiger partial charge in [0.2, 0.25) is 0 Å². The minimum atomic E-state index is -0.183. The van der Waals surface area contributed by atoms with Crippen LogP contribution in [0, 0.1) is 12.7 Å². The molecule has 0 radical (unpaired) electrons. The van der Waals surface area contributed by atoms with Crippen LogP contribution in [0.25, 0.3) is 22.2 Å². The van der Waals surface area contributed by atoms with Gasteiger partial charge in [-0.25, -0.2) is 9.37 Å². The van der Waals surface area contributed by atoms with E-state index in [1.165, 1.54) is 6.07 Å². The first-order valence-electron chi connectivity index (χ1n) is 11.1. The summed E-state index contributed by atoms with van der Waals surface area (Å²) in [4.78, 5) is 22.5. The van der Waals surface area contributed by atoms with E-state index in [4.69, 9.17) is 4.98 Å². The number of piperazine rings is 1. The van der Waals surface area contributed by atoms with E-state index >= 15 is 0 Å². The molecule has 7 heteroatoms. The van der Waals surface area contributed by atoms with Crippen molar-refractivity contribution >= 4 is 16.8 Å². The van der Waals surface area contributed by atoms with E-state index < -0.39 is 0 Å². The van der Waals surface area contributed by atoms with Crippen LogP contribution in [-0.2, 0) is 13.6 Å². The molecule has 1 fully saturated rings. The van der Waals surface area contributed by atoms with Gasteiger partial charge in [0.1, 0.15) is 5.82 Å². The van der Waals surface area contributed by atoms with Gasteiger partial charge >= 0.3 is 0 Å². The maximum Gasteiger partial charge on any atom is 0.254 e. The number of benzene rings is 2. The van der Waals surface area contributed by atoms with Crippen molar-refractivity contribution in [3.05, 3.63) is 83.4 Å². The van der Waals surface area contributed by atoms with Gasteiger partial charge in [0, 0.05) is 62.0 Å². The van der Waals surface area contributed by atoms with Crippen molar-refractivity contribution in [3.63, 3.8) is 0 Å². The summed E-state index contributed by atoms with van der Waals surface area (Å²) in [6, 6.07) is 16.5. The number of halogens is 1. The first kappa shape index (κ1) is 21.3. The van der Waals surface area contributed by atoms with Crippen LogP contribution in [0.1, 0.15) is 21.6 Å². The third-order valence-electron chi connectivity index (χ3n) is 6.47. The molecule has 3 heterocycles. The average molecular weight is 444 g/mol. The smallest absolute Gasteiger partial charge is 0.254 e. The summed E-state index contributed by atoms with van der Waals surface area (Å²) < 4.78 is 15.8. The molecule has 0 N–H and O–H groups in total. The highest BCUT2D eigenvalue weighted by molar-refractivity contribution is 6.07. The second-order valence-electron chi connectivity index (χ2n) is 8.50. The zero-order valence-electron chi connectivity index (χ0n) is 18.8. The number of aryl methyl sites for hydroxylation is 1. The molecule has 1 amide bonds. The van der Waals surface area contributed by atoms with E-state index in [0.29, 0.717) is 43.9 Å². The largest absolute Gasteiger partial charge is 0.336 e. The van der Waals surface area contributed by atoms with Crippen LogP contribution in [0.15, 0.2) is 60.8 Å². The minimum absolute atomic E-state index is 0.00179. The molecule has 0 saturated carbocycles. The zero-order valence-corrected chi connectivity index (χ0v) is 18.8. The molecule has 0 atom stereocenters. The number of rotatable bonds is 4. The lowest BCUT2D eigenvalue weighted by atomic mass is 10.0. The normalized spacial score (nSPS) is 14.7. The summed E-state index contributed by atoms with van der Waals surface area (Å²) >= 11 is 0. The Morgan fingerprint density at radius 1 is 1.03 bits per heavy atom. The molecule has 0 aliphatic carbocycles. The average Bonchev–Trinajstić information content (AvgIpc) is 3.18. The maximum atomic E-state index is 14.0. The van der Waals surface area contributed by atoms with E-state index in [0.717, 1.165) is 27.9 Å². The lowest BCUT2D eigenvalue weighted by molar-refractivity contribution is 0.0629. The summed E-state index contributed by atoms with van der Waals surface area (Å²) in [7, 11) is 1.90. The molecular formula is C26H26FN5O. The van der Waals surface area contributed by atoms with Gasteiger partial charge in [-0.1, -0.05) is 36.4 Å². The van der Waals surface area contributed by atoms with E-state index in [1.54, 1.807) is 12.3 Å². The van der Waals surface area contributed by atoms with E-state index in [1.807, 2.05) is 66.0 Å². The fourth-order valence-electron chi connectivity index (χ4n) is 4.39. The van der Waals surface area contributed by atoms with Crippen molar-refractivity contribution in [2.24, 2.45) is 7.05 Å². The number of aromatic nitrogens is 3. The lowest BCUT2D eigenvalue weighted by Crippen LogP contribution is -2.48. The van der Waals surface area contributed by atoms with E-state index in [2.05, 4.69) is 10.00 Å². The van der Waals surface area contributed by atoms with Crippen LogP contribution < -0.4 is 0 Å². The Labute approximate surface area is 192 Å². The van der Waals surface area contributed by atoms with E-state index in [9.17, 15) is 9.18 Å². The molecule has 2 aromatic heterocycles. The fourth-order valence-corrected chi connectivity index (χ4v) is 4.39. The number of pyridine rings is 1. The Morgan fingerprint density at radius 3 is 2.48 bits per heavy atom. The number of hydrogen-bond donors (Lipinski definition) is 0. The van der Waals surface area contributed by atoms with Crippen molar-refractivity contribution in [1.29, 1.82) is 0 Å². The molecule has 33 heavy (non-hydrogen) atoms. The highest BCUT2D eigenvalue weighted by Gasteiger charge is 2.25. The van der Waals surface area contributed by atoms with Crippen LogP contribution >= 0.6 is 0 Å². The van der Waals surface area contributed by atoms with Gasteiger partial charge in [-0.2, -0.15) is 5.10 Å². The van der Waals surface area contributed by atoms with Gasteiger partial charge in [-0.05, 0) is 25.1 Å². The Balaban J connectivity index is 1.39. The van der Waals surface area contributed by atoms with Crippen molar-refractivity contribution in [1.82, 2.24) is 24.6 Å². The molecule has 1 aliphatic rings. The molecule has 168 valence electrons. The number of hydrogen-bond acceptors (Lipinski definition) is 4. The number of para-hydroxylation sites is 1. The predicted molar refractivity (Wildman–Crippen MR) is 126 cm³/mol. The first-order chi connectivity index (χ1) is 16.0. The van der Waals surface area contributed by atoms with Crippen LogP contribution in [0.4, 0.5) is 4.39 Å². The van der Waals surface area contributed by atoms with Crippen molar-refractivity contribution in [2.45, 2.75) is 13.5 Å². The topological polar surface area (TPSA) is 54.3 Å². The Kier molecular flexibility index (Phi) is 5.64. The molecule has 1 saturated heterocycles. The second-order valence-corrected chi connectivity index (χ2v) is 8.50. The predicted octanol–water partition coefficient (Wildman–Crippen LogP) is 4.04. The monoisotopic (exact) mass is 443 g/mol. The van der Waals surface area contributed by atoms with Gasteiger partial charge in [-0.15, -0.1) is 0 Å². The fraction of sp³-hybridized carbons (Fsp3) is 0.269. The standard InChI is InChI=1S/C26H26FN5O/c1-18-22(16-28-30(18)2)25-15-21(20-8-4-6-10-24(20)29-25)26(33)32-13-11-31(12-14-32)17-19-7-3-5-9-23(19)27/h3-10,15-16H,11-14,17H2,1-2H3. The lowest BCUT2D eigenvalue weighted by Gasteiger charge is -2.35. The second kappa shape index (κ2) is 8.75. The van der Waals surface area contributed by atoms with Crippen LogP contribution in [0.5, 0.6) is 0 Å². The highest BCUT2D eigenvalue weighted by Crippen LogP contribution is 2.28. The molecule has 0 bridgehead atoms. The van der Waals surface area contributed by atoms with Gasteiger partial charge in [0.05, 0.1) is 23.0 Å². The third kappa shape index (κ3) is 4.12. The Morgan fingerprint density at radius 2 is 1.76 bits per heavy atom. The van der Waals surface area contributed by atoms with Gasteiger partial charge in [0.15, 0.2) is 0 Å². The van der Waals surface area contributed by atoms with Gasteiger partial charge in [-0.3, -0.25) is 14.4 Å². The SMILES string of the molecule is Cc1c(-c2cc(C(=O)N3CCN(Cc4ccccc4F)CC3)c3ccccc3n2)cnn1C. The number of amides is 1. The summed E-state index contributed by atoms with van der Waals surface area (Å²) in [5, 5.41) is 5.18. The number of carbonyl (C=O) groups is 1. The quantitative estimate of drug-likeness (QED) is 0.478. The van der Waals surface area contributed by atoms with Gasteiger partial charge < -0.3 is 4.90 Å². The first-order valence-corrected chi connectivity index (χ1v) is 11.1. The summed E-state index contributed by atoms with van der Waals surface area (Å²) in [6.07, 6.45) is 1.79. The molecule has 2 aromatic carbocycles. The molecular weight excluding hydrogens is 417 g/mol. The summed E-state index contributed by atoms with van der Waals surface area (Å²) in [5.41, 5.74) is 4.81.